The molecule has 74 valence electrons. The molecule has 0 aromatic rings. The van der Waals surface area contributed by atoms with E-state index < -0.39 is 5.97 Å². The van der Waals surface area contributed by atoms with Gasteiger partial charge in [-0.25, -0.2) is 4.79 Å². The van der Waals surface area contributed by atoms with Crippen LogP contribution in [-0.4, -0.2) is 23.7 Å². The van der Waals surface area contributed by atoms with Gasteiger partial charge in [-0.3, -0.25) is 0 Å². The Hall–Kier alpha value is -0.830. The minimum Gasteiger partial charge on any atom is -0.478 e. The Balaban J connectivity index is 2.14. The van der Waals surface area contributed by atoms with E-state index in [9.17, 15) is 4.79 Å². The molecule has 1 aliphatic carbocycles. The van der Waals surface area contributed by atoms with Crippen LogP contribution in [0.3, 0.4) is 0 Å². The highest BCUT2D eigenvalue weighted by atomic mass is 16.4. The molecule has 1 aliphatic rings. The molecule has 2 N–H and O–H groups in total. The third-order valence-electron chi connectivity index (χ3n) is 2.57. The lowest BCUT2D eigenvalue weighted by molar-refractivity contribution is -0.132. The molecular formula is C10H17NO2. The molecule has 2 unspecified atom stereocenters. The van der Waals surface area contributed by atoms with Crippen LogP contribution < -0.4 is 5.32 Å². The van der Waals surface area contributed by atoms with E-state index >= 15 is 0 Å². The molecule has 0 bridgehead atoms. The van der Waals surface area contributed by atoms with Crippen molar-refractivity contribution in [2.45, 2.75) is 32.7 Å². The fourth-order valence-corrected chi connectivity index (χ4v) is 1.40. The molecule has 0 aromatic carbocycles. The summed E-state index contributed by atoms with van der Waals surface area (Å²) in [5.74, 6) is -0.0110. The molecule has 1 rings (SSSR count). The van der Waals surface area contributed by atoms with Crippen LogP contribution in [0.15, 0.2) is 11.6 Å². The van der Waals surface area contributed by atoms with Gasteiger partial charge in [0.05, 0.1) is 0 Å². The number of nitrogens with one attached hydrogen (secondary N) is 1. The first-order valence-electron chi connectivity index (χ1n) is 4.78. The number of carboxylic acid groups (broad SMARTS) is 1. The minimum absolute atomic E-state index is 0.418. The molecule has 0 radical (unpaired) electrons. The Morgan fingerprint density at radius 1 is 1.69 bits per heavy atom. The number of hydrogen-bond donors (Lipinski definition) is 2. The van der Waals surface area contributed by atoms with Gasteiger partial charge in [0.15, 0.2) is 0 Å². The first-order valence-corrected chi connectivity index (χ1v) is 4.78. The second-order valence-corrected chi connectivity index (χ2v) is 3.61. The van der Waals surface area contributed by atoms with E-state index in [2.05, 4.69) is 12.2 Å². The fourth-order valence-electron chi connectivity index (χ4n) is 1.40. The van der Waals surface area contributed by atoms with E-state index in [4.69, 9.17) is 5.11 Å². The van der Waals surface area contributed by atoms with Crippen LogP contribution in [0.25, 0.3) is 0 Å². The Bertz CT molecular complexity index is 223. The summed E-state index contributed by atoms with van der Waals surface area (Å²) in [6.07, 6.45) is 4.20. The molecule has 3 heteroatoms. The molecule has 0 aromatic heterocycles. The number of hydrogen-bond acceptors (Lipinski definition) is 2. The highest BCUT2D eigenvalue weighted by Crippen LogP contribution is 2.32. The van der Waals surface area contributed by atoms with Gasteiger partial charge in [0.25, 0.3) is 0 Å². The molecule has 1 saturated carbocycles. The van der Waals surface area contributed by atoms with Crippen molar-refractivity contribution in [2.24, 2.45) is 5.92 Å². The zero-order valence-electron chi connectivity index (χ0n) is 8.21. The van der Waals surface area contributed by atoms with Crippen molar-refractivity contribution in [1.82, 2.24) is 5.32 Å². The second kappa shape index (κ2) is 4.42. The van der Waals surface area contributed by atoms with Gasteiger partial charge in [0.2, 0.25) is 0 Å². The SMILES string of the molecule is CCC1CC1NC/C=C(/C)C(=O)O. The zero-order valence-corrected chi connectivity index (χ0v) is 8.21. The van der Waals surface area contributed by atoms with Crippen molar-refractivity contribution in [3.8, 4) is 0 Å². The van der Waals surface area contributed by atoms with Gasteiger partial charge in [-0.2, -0.15) is 0 Å². The van der Waals surface area contributed by atoms with Crippen molar-refractivity contribution in [3.63, 3.8) is 0 Å². The smallest absolute Gasteiger partial charge is 0.330 e. The lowest BCUT2D eigenvalue weighted by atomic mass is 10.3. The summed E-state index contributed by atoms with van der Waals surface area (Å²) in [6, 6.07) is 0.628. The zero-order chi connectivity index (χ0) is 9.84. The fraction of sp³-hybridized carbons (Fsp3) is 0.700. The number of rotatable bonds is 5. The molecule has 13 heavy (non-hydrogen) atoms. The monoisotopic (exact) mass is 183 g/mol. The van der Waals surface area contributed by atoms with E-state index in [0.29, 0.717) is 18.2 Å². The average Bonchev–Trinajstić information content (AvgIpc) is 2.83. The van der Waals surface area contributed by atoms with Crippen LogP contribution in [0.4, 0.5) is 0 Å². The lowest BCUT2D eigenvalue weighted by Crippen LogP contribution is -2.18. The Morgan fingerprint density at radius 2 is 2.38 bits per heavy atom. The van der Waals surface area contributed by atoms with Crippen molar-refractivity contribution < 1.29 is 9.90 Å². The van der Waals surface area contributed by atoms with Crippen molar-refractivity contribution >= 4 is 5.97 Å². The van der Waals surface area contributed by atoms with Gasteiger partial charge in [0, 0.05) is 18.2 Å². The maximum absolute atomic E-state index is 10.4. The van der Waals surface area contributed by atoms with Crippen LogP contribution >= 0.6 is 0 Å². The predicted octanol–water partition coefficient (Wildman–Crippen LogP) is 1.41. The molecule has 0 aliphatic heterocycles. The maximum Gasteiger partial charge on any atom is 0.330 e. The third kappa shape index (κ3) is 3.19. The van der Waals surface area contributed by atoms with Crippen LogP contribution in [0.5, 0.6) is 0 Å². The molecule has 3 nitrogen and oxygen atoms in total. The highest BCUT2D eigenvalue weighted by Gasteiger charge is 2.34. The Labute approximate surface area is 78.8 Å². The number of carboxylic acids is 1. The highest BCUT2D eigenvalue weighted by molar-refractivity contribution is 5.85. The summed E-state index contributed by atoms with van der Waals surface area (Å²) in [6.45, 7) is 4.48. The van der Waals surface area contributed by atoms with E-state index in [0.717, 1.165) is 5.92 Å². The van der Waals surface area contributed by atoms with Gasteiger partial charge in [-0.05, 0) is 19.3 Å². The average molecular weight is 183 g/mol. The summed E-state index contributed by atoms with van der Waals surface area (Å²) in [7, 11) is 0. The summed E-state index contributed by atoms with van der Waals surface area (Å²) in [4.78, 5) is 10.4. The van der Waals surface area contributed by atoms with Crippen molar-refractivity contribution in [2.75, 3.05) is 6.54 Å². The van der Waals surface area contributed by atoms with E-state index in [1.807, 2.05) is 0 Å². The molecule has 0 heterocycles. The molecule has 0 spiro atoms. The summed E-state index contributed by atoms with van der Waals surface area (Å²) in [5, 5.41) is 11.9. The van der Waals surface area contributed by atoms with Crippen LogP contribution in [0.2, 0.25) is 0 Å². The first-order chi connectivity index (χ1) is 6.15. The summed E-state index contributed by atoms with van der Waals surface area (Å²) in [5.41, 5.74) is 0.418. The number of carbonyl (C=O) groups is 1. The molecule has 0 amide bonds. The molecule has 0 saturated heterocycles. The molecule has 1 fully saturated rings. The minimum atomic E-state index is -0.829. The van der Waals surface area contributed by atoms with Crippen LogP contribution in [0, 0.1) is 5.92 Å². The van der Waals surface area contributed by atoms with E-state index in [-0.39, 0.29) is 0 Å². The van der Waals surface area contributed by atoms with Crippen LogP contribution in [0.1, 0.15) is 26.7 Å². The van der Waals surface area contributed by atoms with Gasteiger partial charge >= 0.3 is 5.97 Å². The maximum atomic E-state index is 10.4. The Kier molecular flexibility index (Phi) is 3.48. The largest absolute Gasteiger partial charge is 0.478 e. The van der Waals surface area contributed by atoms with Crippen LogP contribution in [-0.2, 0) is 4.79 Å². The second-order valence-electron chi connectivity index (χ2n) is 3.61. The van der Waals surface area contributed by atoms with E-state index in [1.54, 1.807) is 13.0 Å². The van der Waals surface area contributed by atoms with Crippen molar-refractivity contribution in [3.05, 3.63) is 11.6 Å². The third-order valence-corrected chi connectivity index (χ3v) is 2.57. The molecule has 2 atom stereocenters. The predicted molar refractivity (Wildman–Crippen MR) is 51.6 cm³/mol. The van der Waals surface area contributed by atoms with E-state index in [1.165, 1.54) is 12.8 Å². The summed E-state index contributed by atoms with van der Waals surface area (Å²) >= 11 is 0. The summed E-state index contributed by atoms with van der Waals surface area (Å²) < 4.78 is 0. The molecular weight excluding hydrogens is 166 g/mol. The topological polar surface area (TPSA) is 49.3 Å². The number of aliphatic carboxylic acids is 1. The standard InChI is InChI=1S/C10H17NO2/c1-3-8-6-9(8)11-5-4-7(2)10(12)13/h4,8-9,11H,3,5-6H2,1-2H3,(H,12,13)/b7-4-. The first kappa shape index (κ1) is 10.3. The van der Waals surface area contributed by atoms with Gasteiger partial charge < -0.3 is 10.4 Å². The lowest BCUT2D eigenvalue weighted by Gasteiger charge is -1.99. The van der Waals surface area contributed by atoms with Gasteiger partial charge in [-0.1, -0.05) is 19.4 Å². The normalized spacial score (nSPS) is 27.4. The van der Waals surface area contributed by atoms with Crippen molar-refractivity contribution in [1.29, 1.82) is 0 Å². The Morgan fingerprint density at radius 3 is 2.85 bits per heavy atom. The van der Waals surface area contributed by atoms with Gasteiger partial charge in [0.1, 0.15) is 0 Å². The van der Waals surface area contributed by atoms with Gasteiger partial charge in [-0.15, -0.1) is 0 Å². The quantitative estimate of drug-likeness (QED) is 0.633.